The molecule has 0 unspecified atom stereocenters. The molecule has 0 atom stereocenters. The molecule has 1 aromatic carbocycles. The fraction of sp³-hybridized carbons (Fsp3) is 0.444. The van der Waals surface area contributed by atoms with Gasteiger partial charge in [0.1, 0.15) is 5.82 Å². The molecule has 20 heavy (non-hydrogen) atoms. The second-order valence-electron chi connectivity index (χ2n) is 5.67. The highest BCUT2D eigenvalue weighted by Crippen LogP contribution is 2.35. The largest absolute Gasteiger partial charge is 0.375 e. The van der Waals surface area contributed by atoms with Crippen LogP contribution in [-0.2, 0) is 0 Å². The molecule has 0 spiro atoms. The van der Waals surface area contributed by atoms with Gasteiger partial charge in [0, 0.05) is 24.4 Å². The predicted molar refractivity (Wildman–Crippen MR) is 83.9 cm³/mol. The minimum Gasteiger partial charge on any atom is -0.375 e. The number of piperidine rings is 1. The van der Waals surface area contributed by atoms with Crippen molar-refractivity contribution in [1.29, 1.82) is 0 Å². The van der Waals surface area contributed by atoms with E-state index in [1.165, 1.54) is 5.57 Å². The molecule has 0 amide bonds. The fourth-order valence-electron chi connectivity index (χ4n) is 3.15. The Balaban J connectivity index is 2.21. The average molecular weight is 273 g/mol. The summed E-state index contributed by atoms with van der Waals surface area (Å²) in [5, 5.41) is 0. The SMILES string of the molecule is C=C(C)N1CCC(/C(=C/C)c2c(C)cccc2F)CC1. The third-order valence-electron chi connectivity index (χ3n) is 4.30. The van der Waals surface area contributed by atoms with Gasteiger partial charge in [-0.2, -0.15) is 0 Å². The zero-order valence-corrected chi connectivity index (χ0v) is 12.7. The van der Waals surface area contributed by atoms with Crippen molar-refractivity contribution in [2.24, 2.45) is 5.92 Å². The molecule has 2 heteroatoms. The maximum absolute atomic E-state index is 14.2. The molecular formula is C18H24FN. The molecule has 1 aromatic rings. The molecule has 0 aromatic heterocycles. The lowest BCUT2D eigenvalue weighted by molar-refractivity contribution is 0.257. The summed E-state index contributed by atoms with van der Waals surface area (Å²) in [6.45, 7) is 12.1. The topological polar surface area (TPSA) is 3.24 Å². The van der Waals surface area contributed by atoms with E-state index in [1.54, 1.807) is 12.1 Å². The maximum atomic E-state index is 14.2. The Hall–Kier alpha value is -1.57. The van der Waals surface area contributed by atoms with Crippen molar-refractivity contribution in [3.63, 3.8) is 0 Å². The van der Waals surface area contributed by atoms with E-state index in [0.29, 0.717) is 5.92 Å². The fourth-order valence-corrected chi connectivity index (χ4v) is 3.15. The first-order valence-corrected chi connectivity index (χ1v) is 7.36. The molecule has 0 saturated carbocycles. The second-order valence-corrected chi connectivity index (χ2v) is 5.67. The van der Waals surface area contributed by atoms with Crippen LogP contribution in [0, 0.1) is 18.7 Å². The third-order valence-corrected chi connectivity index (χ3v) is 4.30. The highest BCUT2D eigenvalue weighted by atomic mass is 19.1. The van der Waals surface area contributed by atoms with Crippen molar-refractivity contribution in [2.75, 3.05) is 13.1 Å². The van der Waals surface area contributed by atoms with Gasteiger partial charge < -0.3 is 4.90 Å². The van der Waals surface area contributed by atoms with Crippen LogP contribution >= 0.6 is 0 Å². The number of halogens is 1. The zero-order chi connectivity index (χ0) is 14.7. The van der Waals surface area contributed by atoms with Crippen LogP contribution in [0.4, 0.5) is 4.39 Å². The van der Waals surface area contributed by atoms with Crippen molar-refractivity contribution in [3.05, 3.63) is 53.5 Å². The highest BCUT2D eigenvalue weighted by Gasteiger charge is 2.24. The lowest BCUT2D eigenvalue weighted by atomic mass is 9.83. The summed E-state index contributed by atoms with van der Waals surface area (Å²) in [4.78, 5) is 2.32. The summed E-state index contributed by atoms with van der Waals surface area (Å²) >= 11 is 0. The molecule has 1 heterocycles. The van der Waals surface area contributed by atoms with E-state index in [2.05, 4.69) is 24.5 Å². The van der Waals surface area contributed by atoms with Crippen LogP contribution in [-0.4, -0.2) is 18.0 Å². The van der Waals surface area contributed by atoms with Crippen LogP contribution in [0.3, 0.4) is 0 Å². The molecule has 0 radical (unpaired) electrons. The molecule has 1 aliphatic rings. The minimum absolute atomic E-state index is 0.0968. The molecule has 2 rings (SSSR count). The van der Waals surface area contributed by atoms with Gasteiger partial charge in [-0.25, -0.2) is 4.39 Å². The molecule has 0 bridgehead atoms. The number of hydrogen-bond acceptors (Lipinski definition) is 1. The maximum Gasteiger partial charge on any atom is 0.130 e. The molecular weight excluding hydrogens is 249 g/mol. The Kier molecular flexibility index (Phi) is 4.64. The molecule has 1 aliphatic heterocycles. The Morgan fingerprint density at radius 1 is 1.35 bits per heavy atom. The van der Waals surface area contributed by atoms with Crippen LogP contribution in [0.15, 0.2) is 36.6 Å². The smallest absolute Gasteiger partial charge is 0.130 e. The second kappa shape index (κ2) is 6.25. The van der Waals surface area contributed by atoms with Crippen LogP contribution in [0.1, 0.15) is 37.8 Å². The monoisotopic (exact) mass is 273 g/mol. The van der Waals surface area contributed by atoms with Gasteiger partial charge in [0.25, 0.3) is 0 Å². The summed E-state index contributed by atoms with van der Waals surface area (Å²) in [6, 6.07) is 5.34. The Labute approximate surface area is 121 Å². The van der Waals surface area contributed by atoms with Gasteiger partial charge >= 0.3 is 0 Å². The number of allylic oxidation sites excluding steroid dienone is 3. The Bertz CT molecular complexity index is 502. The van der Waals surface area contributed by atoms with E-state index in [0.717, 1.165) is 42.8 Å². The van der Waals surface area contributed by atoms with Crippen LogP contribution in [0.2, 0.25) is 0 Å². The van der Waals surface area contributed by atoms with Crippen LogP contribution in [0.5, 0.6) is 0 Å². The number of nitrogens with zero attached hydrogens (tertiary/aromatic N) is 1. The highest BCUT2D eigenvalue weighted by molar-refractivity contribution is 5.70. The van der Waals surface area contributed by atoms with Crippen LogP contribution < -0.4 is 0 Å². The minimum atomic E-state index is -0.0968. The van der Waals surface area contributed by atoms with Crippen molar-refractivity contribution >= 4 is 5.57 Å². The van der Waals surface area contributed by atoms with Gasteiger partial charge in [0.15, 0.2) is 0 Å². The molecule has 108 valence electrons. The summed E-state index contributed by atoms with van der Waals surface area (Å²) in [5.41, 5.74) is 4.14. The van der Waals surface area contributed by atoms with E-state index >= 15 is 0 Å². The van der Waals surface area contributed by atoms with Gasteiger partial charge in [-0.15, -0.1) is 0 Å². The molecule has 0 N–H and O–H groups in total. The van der Waals surface area contributed by atoms with Gasteiger partial charge in [0.05, 0.1) is 0 Å². The van der Waals surface area contributed by atoms with Gasteiger partial charge in [-0.05, 0) is 56.7 Å². The van der Waals surface area contributed by atoms with Crippen molar-refractivity contribution in [3.8, 4) is 0 Å². The first kappa shape index (κ1) is 14.8. The number of hydrogen-bond donors (Lipinski definition) is 0. The molecule has 1 nitrogen and oxygen atoms in total. The summed E-state index contributed by atoms with van der Waals surface area (Å²) in [5.74, 6) is 0.353. The van der Waals surface area contributed by atoms with Crippen molar-refractivity contribution in [2.45, 2.75) is 33.6 Å². The molecule has 1 fully saturated rings. The zero-order valence-electron chi connectivity index (χ0n) is 12.7. The Morgan fingerprint density at radius 3 is 2.50 bits per heavy atom. The standard InChI is InChI=1S/C18H24FN/c1-5-16(18-14(4)7-6-8-17(18)19)15-9-11-20(12-10-15)13(2)3/h5-8,15H,2,9-12H2,1,3-4H3/b16-5-. The van der Waals surface area contributed by atoms with Gasteiger partial charge in [-0.3, -0.25) is 0 Å². The van der Waals surface area contributed by atoms with E-state index in [1.807, 2.05) is 19.9 Å². The first-order valence-electron chi connectivity index (χ1n) is 7.36. The van der Waals surface area contributed by atoms with E-state index < -0.39 is 0 Å². The van der Waals surface area contributed by atoms with E-state index in [4.69, 9.17) is 0 Å². The predicted octanol–water partition coefficient (Wildman–Crippen LogP) is 4.78. The number of aryl methyl sites for hydroxylation is 1. The molecule has 1 saturated heterocycles. The average Bonchev–Trinajstić information content (AvgIpc) is 2.43. The lowest BCUT2D eigenvalue weighted by Gasteiger charge is -2.35. The van der Waals surface area contributed by atoms with E-state index in [-0.39, 0.29) is 5.82 Å². The number of likely N-dealkylation sites (tertiary alicyclic amines) is 1. The van der Waals surface area contributed by atoms with Gasteiger partial charge in [0.2, 0.25) is 0 Å². The summed E-state index contributed by atoms with van der Waals surface area (Å²) in [7, 11) is 0. The summed E-state index contributed by atoms with van der Waals surface area (Å²) in [6.07, 6.45) is 4.23. The first-order chi connectivity index (χ1) is 9.54. The summed E-state index contributed by atoms with van der Waals surface area (Å²) < 4.78 is 14.2. The van der Waals surface area contributed by atoms with Crippen molar-refractivity contribution in [1.82, 2.24) is 4.90 Å². The van der Waals surface area contributed by atoms with Crippen LogP contribution in [0.25, 0.3) is 5.57 Å². The lowest BCUT2D eigenvalue weighted by Crippen LogP contribution is -2.32. The Morgan fingerprint density at radius 2 is 2.00 bits per heavy atom. The molecule has 0 aliphatic carbocycles. The number of rotatable bonds is 3. The van der Waals surface area contributed by atoms with Crippen molar-refractivity contribution < 1.29 is 4.39 Å². The van der Waals surface area contributed by atoms with E-state index in [9.17, 15) is 4.39 Å². The number of benzene rings is 1. The third kappa shape index (κ3) is 2.95. The van der Waals surface area contributed by atoms with Gasteiger partial charge in [-0.1, -0.05) is 24.8 Å². The quantitative estimate of drug-likeness (QED) is 0.766. The normalized spacial score (nSPS) is 17.4.